The molecular formula is C31H28Cl2N6O7S. The largest absolute Gasteiger partial charge is 0.480 e. The first-order valence-corrected chi connectivity index (χ1v) is 15.7. The van der Waals surface area contributed by atoms with E-state index >= 15 is 0 Å². The Balaban J connectivity index is 0.00000500. The number of fused-ring (bicyclic) bond motifs is 1. The lowest BCUT2D eigenvalue weighted by Gasteiger charge is -2.26. The van der Waals surface area contributed by atoms with Crippen molar-refractivity contribution in [3.8, 4) is 23.1 Å². The maximum absolute atomic E-state index is 12.8. The Hall–Kier alpha value is -4.78. The highest BCUT2D eigenvalue weighted by Crippen LogP contribution is 2.28. The number of morpholine rings is 1. The zero-order valence-corrected chi connectivity index (χ0v) is 27.2. The molecule has 47 heavy (non-hydrogen) atoms. The minimum absolute atomic E-state index is 0. The summed E-state index contributed by atoms with van der Waals surface area (Å²) in [6.45, 7) is 2.06. The molecule has 2 aromatic heterocycles. The van der Waals surface area contributed by atoms with Crippen molar-refractivity contribution < 1.29 is 32.6 Å². The molecule has 3 heterocycles. The molecule has 2 aromatic carbocycles. The second-order valence-corrected chi connectivity index (χ2v) is 12.5. The number of nitrogens with zero attached hydrogens (tertiary/aromatic N) is 4. The van der Waals surface area contributed by atoms with Crippen LogP contribution in [0.25, 0.3) is 22.2 Å². The van der Waals surface area contributed by atoms with Crippen molar-refractivity contribution in [3.63, 3.8) is 0 Å². The van der Waals surface area contributed by atoms with E-state index in [1.807, 2.05) is 0 Å². The number of carboxylic acid groups (broad SMARTS) is 1. The predicted octanol–water partition coefficient (Wildman–Crippen LogP) is 2.70. The zero-order valence-electron chi connectivity index (χ0n) is 24.8. The van der Waals surface area contributed by atoms with Crippen LogP contribution in [-0.4, -0.2) is 85.3 Å². The van der Waals surface area contributed by atoms with Gasteiger partial charge in [-0.2, -0.15) is 0 Å². The van der Waals surface area contributed by atoms with Gasteiger partial charge in [0.05, 0.1) is 35.0 Å². The number of carbonyl (C=O) groups is 3. The Morgan fingerprint density at radius 1 is 1.09 bits per heavy atom. The number of benzene rings is 2. The molecule has 0 saturated carbocycles. The average Bonchev–Trinajstić information content (AvgIpc) is 3.06. The molecule has 244 valence electrons. The smallest absolute Gasteiger partial charge is 0.320 e. The molecule has 1 saturated heterocycles. The number of ether oxygens (including phenoxy) is 1. The molecule has 4 aromatic rings. The van der Waals surface area contributed by atoms with Gasteiger partial charge in [0.1, 0.15) is 5.82 Å². The number of anilines is 1. The van der Waals surface area contributed by atoms with Gasteiger partial charge in [0.25, 0.3) is 11.8 Å². The van der Waals surface area contributed by atoms with Crippen molar-refractivity contribution in [2.75, 3.05) is 43.4 Å². The quantitative estimate of drug-likeness (QED) is 0.112. The molecule has 0 aliphatic carbocycles. The van der Waals surface area contributed by atoms with Gasteiger partial charge >= 0.3 is 5.97 Å². The monoisotopic (exact) mass is 698 g/mol. The van der Waals surface area contributed by atoms with Crippen LogP contribution >= 0.6 is 24.0 Å². The molecule has 13 nitrogen and oxygen atoms in total. The van der Waals surface area contributed by atoms with Crippen LogP contribution in [0.3, 0.4) is 0 Å². The molecule has 0 unspecified atom stereocenters. The number of carboxylic acids is 1. The van der Waals surface area contributed by atoms with Crippen molar-refractivity contribution in [1.29, 1.82) is 0 Å². The van der Waals surface area contributed by atoms with Crippen LogP contribution in [0.2, 0.25) is 5.02 Å². The molecule has 5 rings (SSSR count). The first-order chi connectivity index (χ1) is 22.0. The van der Waals surface area contributed by atoms with Crippen molar-refractivity contribution in [3.05, 3.63) is 88.1 Å². The molecule has 16 heteroatoms. The highest BCUT2D eigenvalue weighted by Gasteiger charge is 2.24. The third-order valence-electron chi connectivity index (χ3n) is 7.14. The first kappa shape index (κ1) is 35.1. The number of carbonyl (C=O) groups excluding carboxylic acids is 2. The van der Waals surface area contributed by atoms with E-state index < -0.39 is 27.7 Å². The van der Waals surface area contributed by atoms with Gasteiger partial charge in [0.15, 0.2) is 5.75 Å². The standard InChI is InChI=1S/C31H27ClN6O7S.ClH/c1-37(46(43,44)18-29(39)40)28-16-27-24(17-34-28)23(30(41)36-33)15-26(35-27)21-6-3-19(4-7-21)2-5-20-8-9-22(14-25(20)32)31(42)38-10-12-45-13-11-38;/h3-4,6-9,14-17H,10-13,18,33H2,1H3,(H,36,41)(H,39,40);1H. The third-order valence-corrected chi connectivity index (χ3v) is 9.08. The normalized spacial score (nSPS) is 12.8. The van der Waals surface area contributed by atoms with Crippen molar-refractivity contribution in [2.24, 2.45) is 5.84 Å². The summed E-state index contributed by atoms with van der Waals surface area (Å²) in [4.78, 5) is 46.8. The average molecular weight is 700 g/mol. The van der Waals surface area contributed by atoms with Gasteiger partial charge in [-0.1, -0.05) is 35.6 Å². The van der Waals surface area contributed by atoms with E-state index in [0.29, 0.717) is 64.7 Å². The SMILES string of the molecule is CN(c1cc2nc(-c3ccc(C#Cc4ccc(C(=O)N5CCOCC5)cc4Cl)cc3)cc(C(=O)NN)c2cn1)S(=O)(=O)CC(=O)O.Cl. The molecule has 2 amide bonds. The number of hydrogen-bond acceptors (Lipinski definition) is 9. The highest BCUT2D eigenvalue weighted by atomic mass is 35.5. The van der Waals surface area contributed by atoms with Crippen LogP contribution in [-0.2, 0) is 19.6 Å². The van der Waals surface area contributed by atoms with Crippen LogP contribution in [0.1, 0.15) is 31.8 Å². The number of amides is 2. The van der Waals surface area contributed by atoms with E-state index in [4.69, 9.17) is 27.3 Å². The highest BCUT2D eigenvalue weighted by molar-refractivity contribution is 7.93. The molecule has 0 spiro atoms. The minimum atomic E-state index is -4.22. The Kier molecular flexibility index (Phi) is 11.0. The summed E-state index contributed by atoms with van der Waals surface area (Å²) in [6, 6.07) is 14.9. The van der Waals surface area contributed by atoms with E-state index in [2.05, 4.69) is 27.2 Å². The summed E-state index contributed by atoms with van der Waals surface area (Å²) in [7, 11) is -3.04. The number of rotatable bonds is 7. The fourth-order valence-electron chi connectivity index (χ4n) is 4.65. The van der Waals surface area contributed by atoms with Gasteiger partial charge in [-0.05, 0) is 36.4 Å². The molecule has 4 N–H and O–H groups in total. The molecule has 1 aliphatic rings. The Morgan fingerprint density at radius 2 is 1.79 bits per heavy atom. The van der Waals surface area contributed by atoms with E-state index in [1.165, 1.54) is 25.4 Å². The fraction of sp³-hybridized carbons (Fsp3) is 0.194. The van der Waals surface area contributed by atoms with Gasteiger partial charge in [-0.15, -0.1) is 12.4 Å². The summed E-state index contributed by atoms with van der Waals surface area (Å²) in [6.07, 6.45) is 1.27. The van der Waals surface area contributed by atoms with Gasteiger partial charge in [0, 0.05) is 60.0 Å². The number of hydrazine groups is 1. The van der Waals surface area contributed by atoms with E-state index in [9.17, 15) is 22.8 Å². The summed E-state index contributed by atoms with van der Waals surface area (Å²) in [5.41, 5.74) is 5.14. The summed E-state index contributed by atoms with van der Waals surface area (Å²) in [5, 5.41) is 9.63. The Labute approximate surface area is 281 Å². The maximum atomic E-state index is 12.8. The van der Waals surface area contributed by atoms with Crippen LogP contribution in [0.4, 0.5) is 5.82 Å². The van der Waals surface area contributed by atoms with Crippen molar-refractivity contribution in [2.45, 2.75) is 0 Å². The van der Waals surface area contributed by atoms with Crippen LogP contribution in [0.5, 0.6) is 0 Å². The number of hydrogen-bond donors (Lipinski definition) is 3. The summed E-state index contributed by atoms with van der Waals surface area (Å²) in [5.74, 6) is 8.02. The van der Waals surface area contributed by atoms with Crippen LogP contribution < -0.4 is 15.6 Å². The molecule has 1 aliphatic heterocycles. The minimum Gasteiger partial charge on any atom is -0.480 e. The van der Waals surface area contributed by atoms with Gasteiger partial charge in [-0.3, -0.25) is 24.1 Å². The number of aromatic nitrogens is 2. The number of nitrogens with one attached hydrogen (secondary N) is 1. The number of halogens is 2. The van der Waals surface area contributed by atoms with Crippen molar-refractivity contribution >= 4 is 68.5 Å². The maximum Gasteiger partial charge on any atom is 0.320 e. The number of sulfonamides is 1. The van der Waals surface area contributed by atoms with E-state index in [0.717, 1.165) is 4.31 Å². The van der Waals surface area contributed by atoms with Gasteiger partial charge < -0.3 is 14.7 Å². The van der Waals surface area contributed by atoms with Crippen LogP contribution in [0.15, 0.2) is 60.8 Å². The zero-order chi connectivity index (χ0) is 33.0. The van der Waals surface area contributed by atoms with Crippen LogP contribution in [0, 0.1) is 11.8 Å². The molecule has 0 bridgehead atoms. The molecule has 1 fully saturated rings. The first-order valence-electron chi connectivity index (χ1n) is 13.8. The Morgan fingerprint density at radius 3 is 2.43 bits per heavy atom. The Bertz CT molecular complexity index is 2030. The lowest BCUT2D eigenvalue weighted by atomic mass is 10.0. The number of nitrogen functional groups attached to an aromatic ring is 1. The number of aliphatic carboxylic acids is 1. The topological polar surface area (TPSA) is 185 Å². The van der Waals surface area contributed by atoms with Gasteiger partial charge in [0.2, 0.25) is 10.0 Å². The number of pyridine rings is 2. The van der Waals surface area contributed by atoms with Gasteiger partial charge in [-0.25, -0.2) is 24.2 Å². The fourth-order valence-corrected chi connectivity index (χ4v) is 5.77. The predicted molar refractivity (Wildman–Crippen MR) is 178 cm³/mol. The molecule has 0 radical (unpaired) electrons. The van der Waals surface area contributed by atoms with E-state index in [1.54, 1.807) is 47.4 Å². The van der Waals surface area contributed by atoms with E-state index in [-0.39, 0.29) is 35.2 Å². The number of nitrogens with two attached hydrogens (primary N) is 1. The molecular weight excluding hydrogens is 671 g/mol. The lowest BCUT2D eigenvalue weighted by Crippen LogP contribution is -2.40. The second-order valence-electron chi connectivity index (χ2n) is 10.1. The summed E-state index contributed by atoms with van der Waals surface area (Å²) >= 11 is 6.45. The lowest BCUT2D eigenvalue weighted by molar-refractivity contribution is -0.134. The third kappa shape index (κ3) is 7.97. The molecule has 0 atom stereocenters. The second kappa shape index (κ2) is 14.8. The van der Waals surface area contributed by atoms with Crippen molar-refractivity contribution in [1.82, 2.24) is 20.3 Å². The summed E-state index contributed by atoms with van der Waals surface area (Å²) < 4.78 is 30.9.